The van der Waals surface area contributed by atoms with Gasteiger partial charge in [-0.1, -0.05) is 0 Å². The molecule has 0 radical (unpaired) electrons. The molecule has 1 aromatic rings. The van der Waals surface area contributed by atoms with E-state index in [9.17, 15) is 9.90 Å². The maximum absolute atomic E-state index is 12.1. The molecular formula is C16H20ClN3O3. The van der Waals surface area contributed by atoms with Gasteiger partial charge in [-0.15, -0.1) is 0 Å². The van der Waals surface area contributed by atoms with Gasteiger partial charge in [-0.05, 0) is 62.0 Å². The number of carbonyl (C=O) groups is 1. The molecule has 4 bridgehead atoms. The summed E-state index contributed by atoms with van der Waals surface area (Å²) in [7, 11) is 0. The standard InChI is InChI=1S/C16H20ClN3O3/c1-2-23-14(21)11-7-18-15(17)20-13(11)19-12-9-3-8-4-16(22,5-9)6-10(8)12/h7-10,12,22H,2-6H2,1H3,(H,18,19,20). The zero-order valence-electron chi connectivity index (χ0n) is 13.0. The number of anilines is 1. The van der Waals surface area contributed by atoms with E-state index in [0.29, 0.717) is 35.7 Å². The molecule has 0 aliphatic heterocycles. The van der Waals surface area contributed by atoms with Crippen molar-refractivity contribution in [1.82, 2.24) is 9.97 Å². The molecule has 5 atom stereocenters. The smallest absolute Gasteiger partial charge is 0.343 e. The Hall–Kier alpha value is -1.40. The number of nitrogens with one attached hydrogen (secondary N) is 1. The molecule has 0 amide bonds. The molecule has 5 unspecified atom stereocenters. The molecule has 6 nitrogen and oxygen atoms in total. The summed E-state index contributed by atoms with van der Waals surface area (Å²) < 4.78 is 5.07. The van der Waals surface area contributed by atoms with Crippen LogP contribution in [0.4, 0.5) is 5.82 Å². The number of nitrogens with zero attached hydrogens (tertiary/aromatic N) is 2. The van der Waals surface area contributed by atoms with Crippen molar-refractivity contribution in [2.75, 3.05) is 11.9 Å². The molecule has 1 heterocycles. The zero-order chi connectivity index (χ0) is 16.2. The van der Waals surface area contributed by atoms with Crippen molar-refractivity contribution in [2.24, 2.45) is 17.8 Å². The number of halogens is 1. The Morgan fingerprint density at radius 2 is 2.26 bits per heavy atom. The molecule has 0 spiro atoms. The van der Waals surface area contributed by atoms with Gasteiger partial charge in [0.25, 0.3) is 0 Å². The molecule has 124 valence electrons. The van der Waals surface area contributed by atoms with Gasteiger partial charge in [-0.3, -0.25) is 0 Å². The largest absolute Gasteiger partial charge is 0.462 e. The lowest BCUT2D eigenvalue weighted by Gasteiger charge is -2.38. The van der Waals surface area contributed by atoms with Crippen molar-refractivity contribution < 1.29 is 14.6 Å². The first-order valence-electron chi connectivity index (χ1n) is 8.17. The van der Waals surface area contributed by atoms with Gasteiger partial charge in [-0.2, -0.15) is 4.98 Å². The molecule has 4 aliphatic carbocycles. The highest BCUT2D eigenvalue weighted by Gasteiger charge is 2.60. The van der Waals surface area contributed by atoms with Gasteiger partial charge in [0.1, 0.15) is 11.4 Å². The van der Waals surface area contributed by atoms with Crippen LogP contribution in [0.1, 0.15) is 43.0 Å². The first-order chi connectivity index (χ1) is 11.0. The van der Waals surface area contributed by atoms with Crippen LogP contribution >= 0.6 is 11.6 Å². The van der Waals surface area contributed by atoms with Gasteiger partial charge in [0.2, 0.25) is 5.28 Å². The number of aliphatic hydroxyl groups is 1. The minimum atomic E-state index is -0.469. The zero-order valence-corrected chi connectivity index (χ0v) is 13.7. The third-order valence-corrected chi connectivity index (χ3v) is 5.82. The van der Waals surface area contributed by atoms with Crippen molar-refractivity contribution in [3.05, 3.63) is 17.0 Å². The van der Waals surface area contributed by atoms with Crippen LogP contribution in [0.5, 0.6) is 0 Å². The van der Waals surface area contributed by atoms with Crippen LogP contribution in [0.15, 0.2) is 6.20 Å². The van der Waals surface area contributed by atoms with Crippen LogP contribution in [0.2, 0.25) is 5.28 Å². The Labute approximate surface area is 139 Å². The van der Waals surface area contributed by atoms with Gasteiger partial charge in [0, 0.05) is 12.2 Å². The lowest BCUT2D eigenvalue weighted by atomic mass is 9.76. The van der Waals surface area contributed by atoms with Crippen LogP contribution in [-0.4, -0.2) is 39.3 Å². The Morgan fingerprint density at radius 1 is 1.48 bits per heavy atom. The summed E-state index contributed by atoms with van der Waals surface area (Å²) in [4.78, 5) is 20.2. The van der Waals surface area contributed by atoms with Gasteiger partial charge >= 0.3 is 5.97 Å². The first kappa shape index (κ1) is 15.1. The fraction of sp³-hybridized carbons (Fsp3) is 0.688. The monoisotopic (exact) mass is 337 g/mol. The van der Waals surface area contributed by atoms with Crippen molar-refractivity contribution in [1.29, 1.82) is 0 Å². The van der Waals surface area contributed by atoms with Crippen LogP contribution < -0.4 is 5.32 Å². The molecule has 23 heavy (non-hydrogen) atoms. The lowest BCUT2D eigenvalue weighted by molar-refractivity contribution is -0.0140. The predicted molar refractivity (Wildman–Crippen MR) is 84.3 cm³/mol. The third-order valence-electron chi connectivity index (χ3n) is 5.64. The van der Waals surface area contributed by atoms with E-state index in [1.807, 2.05) is 0 Å². The molecule has 4 aliphatic rings. The third kappa shape index (κ3) is 2.48. The fourth-order valence-electron chi connectivity index (χ4n) is 4.97. The Kier molecular flexibility index (Phi) is 3.50. The van der Waals surface area contributed by atoms with Crippen molar-refractivity contribution in [2.45, 2.75) is 44.2 Å². The molecule has 7 heteroatoms. The number of aromatic nitrogens is 2. The van der Waals surface area contributed by atoms with Crippen molar-refractivity contribution in [3.8, 4) is 0 Å². The maximum Gasteiger partial charge on any atom is 0.343 e. The molecular weight excluding hydrogens is 318 g/mol. The summed E-state index contributed by atoms with van der Waals surface area (Å²) in [6.45, 7) is 2.06. The Bertz CT molecular complexity index is 651. The van der Waals surface area contributed by atoms with Gasteiger partial charge < -0.3 is 15.2 Å². The summed E-state index contributed by atoms with van der Waals surface area (Å²) in [5, 5.41) is 14.0. The van der Waals surface area contributed by atoms with Gasteiger partial charge in [0.15, 0.2) is 0 Å². The minimum absolute atomic E-state index is 0.103. The van der Waals surface area contributed by atoms with Gasteiger partial charge in [0.05, 0.1) is 12.2 Å². The molecule has 2 N–H and O–H groups in total. The SMILES string of the molecule is CCOC(=O)c1cnc(Cl)nc1NC1C2CC3CC(O)(C2)CC31. The number of carbonyl (C=O) groups excluding carboxylic acids is 1. The Morgan fingerprint density at radius 3 is 3.00 bits per heavy atom. The summed E-state index contributed by atoms with van der Waals surface area (Å²) in [5.41, 5.74) is -0.156. The number of rotatable bonds is 4. The summed E-state index contributed by atoms with van der Waals surface area (Å²) >= 11 is 5.91. The second-order valence-electron chi connectivity index (χ2n) is 7.05. The van der Waals surface area contributed by atoms with Crippen molar-refractivity contribution in [3.63, 3.8) is 0 Å². The molecule has 0 saturated heterocycles. The molecule has 1 aromatic heterocycles. The first-order valence-corrected chi connectivity index (χ1v) is 8.55. The van der Waals surface area contributed by atoms with Crippen molar-refractivity contribution >= 4 is 23.4 Å². The van der Waals surface area contributed by atoms with Crippen LogP contribution in [0.3, 0.4) is 0 Å². The number of hydrogen-bond acceptors (Lipinski definition) is 6. The van der Waals surface area contributed by atoms with E-state index in [1.165, 1.54) is 6.20 Å². The number of esters is 1. The van der Waals surface area contributed by atoms with Crippen LogP contribution in [-0.2, 0) is 4.74 Å². The van der Waals surface area contributed by atoms with Crippen LogP contribution in [0.25, 0.3) is 0 Å². The van der Waals surface area contributed by atoms with E-state index in [-0.39, 0.29) is 11.3 Å². The molecule has 5 rings (SSSR count). The topological polar surface area (TPSA) is 84.3 Å². The normalized spacial score (nSPS) is 37.2. The second kappa shape index (κ2) is 5.31. The van der Waals surface area contributed by atoms with E-state index in [2.05, 4.69) is 15.3 Å². The van der Waals surface area contributed by atoms with E-state index in [0.717, 1.165) is 25.7 Å². The average molecular weight is 338 g/mol. The summed E-state index contributed by atoms with van der Waals surface area (Å²) in [6, 6.07) is 0.224. The summed E-state index contributed by atoms with van der Waals surface area (Å²) in [6.07, 6.45) is 5.11. The van der Waals surface area contributed by atoms with E-state index in [4.69, 9.17) is 16.3 Å². The molecule has 0 aromatic carbocycles. The highest BCUT2D eigenvalue weighted by molar-refractivity contribution is 6.28. The minimum Gasteiger partial charge on any atom is -0.462 e. The van der Waals surface area contributed by atoms with E-state index < -0.39 is 11.6 Å². The van der Waals surface area contributed by atoms with E-state index in [1.54, 1.807) is 6.92 Å². The fourth-order valence-corrected chi connectivity index (χ4v) is 5.10. The summed E-state index contributed by atoms with van der Waals surface area (Å²) in [5.74, 6) is 1.41. The highest BCUT2D eigenvalue weighted by Crippen LogP contribution is 2.60. The number of ether oxygens (including phenoxy) is 1. The number of hydrogen-bond donors (Lipinski definition) is 2. The van der Waals surface area contributed by atoms with E-state index >= 15 is 0 Å². The highest BCUT2D eigenvalue weighted by atomic mass is 35.5. The molecule has 4 fully saturated rings. The van der Waals surface area contributed by atoms with Crippen LogP contribution in [0, 0.1) is 17.8 Å². The lowest BCUT2D eigenvalue weighted by Crippen LogP contribution is -2.43. The van der Waals surface area contributed by atoms with Gasteiger partial charge in [-0.25, -0.2) is 9.78 Å². The second-order valence-corrected chi connectivity index (χ2v) is 7.39. The quantitative estimate of drug-likeness (QED) is 0.647. The average Bonchev–Trinajstić information content (AvgIpc) is 2.85. The Balaban J connectivity index is 1.60. The maximum atomic E-state index is 12.1. The predicted octanol–water partition coefficient (Wildman–Crippen LogP) is 2.27. The molecule has 4 saturated carbocycles.